The monoisotopic (exact) mass is 494 g/mol. The molecule has 0 unspecified atom stereocenters. The molecule has 0 aliphatic rings. The number of nitrogens with zero attached hydrogens (tertiary/aromatic N) is 1. The fraction of sp³-hybridized carbons (Fsp3) is 0.478. The molecule has 5 nitrogen and oxygen atoms in total. The zero-order chi connectivity index (χ0) is 22.1. The molecule has 2 amide bonds. The second-order valence-corrected chi connectivity index (χ2v) is 10.2. The summed E-state index contributed by atoms with van der Waals surface area (Å²) in [6.45, 7) is 8.48. The van der Waals surface area contributed by atoms with Crippen LogP contribution in [0.4, 0.5) is 4.79 Å². The average molecular weight is 495 g/mol. The molecule has 1 atom stereocenters. The summed E-state index contributed by atoms with van der Waals surface area (Å²) >= 11 is 5.07. The van der Waals surface area contributed by atoms with Crippen molar-refractivity contribution in [2.24, 2.45) is 0 Å². The van der Waals surface area contributed by atoms with Gasteiger partial charge in [-0.05, 0) is 56.3 Å². The molecule has 0 fully saturated rings. The first-order chi connectivity index (χ1) is 14.2. The van der Waals surface area contributed by atoms with Gasteiger partial charge in [-0.25, -0.2) is 4.79 Å². The minimum atomic E-state index is -0.616. The number of carbonyl (C=O) groups is 2. The lowest BCUT2D eigenvalue weighted by Crippen LogP contribution is -2.49. The maximum Gasteiger partial charge on any atom is 0.408 e. The zero-order valence-corrected chi connectivity index (χ0v) is 20.5. The van der Waals surface area contributed by atoms with Gasteiger partial charge in [-0.2, -0.15) is 0 Å². The van der Waals surface area contributed by atoms with Crippen molar-refractivity contribution in [3.63, 3.8) is 0 Å². The van der Waals surface area contributed by atoms with E-state index in [1.54, 1.807) is 11.3 Å². The highest BCUT2D eigenvalue weighted by Gasteiger charge is 2.28. The van der Waals surface area contributed by atoms with E-state index in [1.165, 1.54) is 0 Å². The first-order valence-electron chi connectivity index (χ1n) is 10.2. The highest BCUT2D eigenvalue weighted by atomic mass is 79.9. The fourth-order valence-electron chi connectivity index (χ4n) is 2.95. The first-order valence-corrected chi connectivity index (χ1v) is 11.9. The number of halogens is 1. The van der Waals surface area contributed by atoms with Crippen molar-refractivity contribution in [3.05, 3.63) is 56.7 Å². The minimum absolute atomic E-state index is 0.0920. The van der Waals surface area contributed by atoms with Gasteiger partial charge in [-0.3, -0.25) is 4.79 Å². The van der Waals surface area contributed by atoms with Crippen molar-refractivity contribution in [2.45, 2.75) is 71.7 Å². The molecule has 0 aliphatic carbocycles. The van der Waals surface area contributed by atoms with Gasteiger partial charge in [0.1, 0.15) is 11.6 Å². The Bertz CT molecular complexity index is 801. The van der Waals surface area contributed by atoms with Gasteiger partial charge in [0.2, 0.25) is 5.91 Å². The molecule has 7 heteroatoms. The largest absolute Gasteiger partial charge is 0.444 e. The molecule has 1 N–H and O–H groups in total. The summed E-state index contributed by atoms with van der Waals surface area (Å²) in [5.74, 6) is -0.0920. The Morgan fingerprint density at radius 1 is 1.17 bits per heavy atom. The van der Waals surface area contributed by atoms with Crippen LogP contribution in [-0.4, -0.2) is 28.5 Å². The molecule has 0 saturated heterocycles. The summed E-state index contributed by atoms with van der Waals surface area (Å²) in [5.41, 5.74) is 0.422. The van der Waals surface area contributed by atoms with E-state index >= 15 is 0 Å². The molecule has 1 aromatic heterocycles. The van der Waals surface area contributed by atoms with Crippen molar-refractivity contribution in [1.29, 1.82) is 0 Å². The number of ether oxygens (including phenoxy) is 1. The van der Waals surface area contributed by atoms with E-state index in [2.05, 4.69) is 28.2 Å². The molecular formula is C23H31BrN2O3S. The molecule has 1 aromatic carbocycles. The molecule has 2 rings (SSSR count). The number of nitrogens with one attached hydrogen (secondary N) is 1. The van der Waals surface area contributed by atoms with Crippen LogP contribution in [0.15, 0.2) is 46.3 Å². The van der Waals surface area contributed by atoms with Gasteiger partial charge in [0.25, 0.3) is 0 Å². The van der Waals surface area contributed by atoms with Crippen LogP contribution >= 0.6 is 27.3 Å². The number of carbonyl (C=O) groups excluding carboxylic acids is 2. The van der Waals surface area contributed by atoms with Crippen LogP contribution in [0, 0.1) is 0 Å². The fourth-order valence-corrected chi connectivity index (χ4v) is 3.93. The summed E-state index contributed by atoms with van der Waals surface area (Å²) in [5, 5.41) is 4.81. The predicted molar refractivity (Wildman–Crippen MR) is 125 cm³/mol. The molecule has 0 aliphatic heterocycles. The van der Waals surface area contributed by atoms with Crippen molar-refractivity contribution >= 4 is 39.3 Å². The van der Waals surface area contributed by atoms with E-state index in [1.807, 2.05) is 67.4 Å². The van der Waals surface area contributed by atoms with Crippen LogP contribution in [-0.2, 0) is 22.6 Å². The van der Waals surface area contributed by atoms with E-state index in [4.69, 9.17) is 4.74 Å². The average Bonchev–Trinajstić information content (AvgIpc) is 3.17. The molecule has 0 spiro atoms. The smallest absolute Gasteiger partial charge is 0.408 e. The molecule has 0 radical (unpaired) electrons. The molecule has 1 heterocycles. The summed E-state index contributed by atoms with van der Waals surface area (Å²) in [4.78, 5) is 28.8. The lowest BCUT2D eigenvalue weighted by atomic mass is 10.1. The van der Waals surface area contributed by atoms with Crippen LogP contribution in [0.5, 0.6) is 0 Å². The van der Waals surface area contributed by atoms with Crippen LogP contribution in [0.3, 0.4) is 0 Å². The highest BCUT2D eigenvalue weighted by molar-refractivity contribution is 9.10. The maximum atomic E-state index is 13.5. The topological polar surface area (TPSA) is 58.6 Å². The predicted octanol–water partition coefficient (Wildman–Crippen LogP) is 6.12. The lowest BCUT2D eigenvalue weighted by molar-refractivity contribution is -0.135. The van der Waals surface area contributed by atoms with Gasteiger partial charge >= 0.3 is 6.09 Å². The first kappa shape index (κ1) is 24.4. The maximum absolute atomic E-state index is 13.5. The second kappa shape index (κ2) is 11.5. The van der Waals surface area contributed by atoms with E-state index in [-0.39, 0.29) is 5.91 Å². The van der Waals surface area contributed by atoms with Gasteiger partial charge in [0, 0.05) is 15.9 Å². The van der Waals surface area contributed by atoms with Crippen LogP contribution < -0.4 is 5.32 Å². The Morgan fingerprint density at radius 2 is 1.87 bits per heavy atom. The third-order valence-corrected chi connectivity index (χ3v) is 5.75. The van der Waals surface area contributed by atoms with Crippen molar-refractivity contribution in [3.8, 4) is 0 Å². The number of rotatable bonds is 9. The van der Waals surface area contributed by atoms with Gasteiger partial charge < -0.3 is 15.0 Å². The number of benzene rings is 1. The molecule has 30 heavy (non-hydrogen) atoms. The third kappa shape index (κ3) is 8.48. The Kier molecular flexibility index (Phi) is 9.37. The van der Waals surface area contributed by atoms with Gasteiger partial charge in [-0.15, -0.1) is 11.3 Å². The summed E-state index contributed by atoms with van der Waals surface area (Å²) in [7, 11) is 0. The van der Waals surface area contributed by atoms with Gasteiger partial charge in [0.05, 0.1) is 6.54 Å². The molecule has 164 valence electrons. The van der Waals surface area contributed by atoms with Gasteiger partial charge in [0.15, 0.2) is 0 Å². The van der Waals surface area contributed by atoms with E-state index in [9.17, 15) is 9.59 Å². The number of amides is 2. The summed E-state index contributed by atoms with van der Waals surface area (Å²) < 4.78 is 6.39. The van der Waals surface area contributed by atoms with Crippen molar-refractivity contribution in [1.82, 2.24) is 10.2 Å². The number of alkyl carbamates (subject to hydrolysis) is 1. The molecule has 2 aromatic rings. The standard InChI is InChI=1S/C23H31BrN2O3S/c1-5-6-9-20(25-22(28)29-23(2,3)4)21(27)26(16-19-8-7-14-30-19)15-17-10-12-18(24)13-11-17/h7-8,10-14,20H,5-6,9,15-16H2,1-4H3,(H,25,28)/t20-/m0/s1. The minimum Gasteiger partial charge on any atom is -0.444 e. The summed E-state index contributed by atoms with van der Waals surface area (Å²) in [6.07, 6.45) is 1.81. The Balaban J connectivity index is 2.20. The van der Waals surface area contributed by atoms with E-state index in [0.717, 1.165) is 27.8 Å². The van der Waals surface area contributed by atoms with Crippen LogP contribution in [0.1, 0.15) is 57.4 Å². The number of hydrogen-bond acceptors (Lipinski definition) is 4. The van der Waals surface area contributed by atoms with Crippen LogP contribution in [0.2, 0.25) is 0 Å². The second-order valence-electron chi connectivity index (χ2n) is 8.24. The molecule has 0 saturated carbocycles. The van der Waals surface area contributed by atoms with Gasteiger partial charge in [-0.1, -0.05) is 53.9 Å². The number of unbranched alkanes of at least 4 members (excludes halogenated alkanes) is 1. The highest BCUT2D eigenvalue weighted by Crippen LogP contribution is 2.19. The van der Waals surface area contributed by atoms with Crippen LogP contribution in [0.25, 0.3) is 0 Å². The summed E-state index contributed by atoms with van der Waals surface area (Å²) in [6, 6.07) is 11.3. The van der Waals surface area contributed by atoms with E-state index < -0.39 is 17.7 Å². The zero-order valence-electron chi connectivity index (χ0n) is 18.1. The number of hydrogen-bond donors (Lipinski definition) is 1. The number of thiophene rings is 1. The molecular weight excluding hydrogens is 464 g/mol. The Labute approximate surface area is 191 Å². The van der Waals surface area contributed by atoms with Crippen molar-refractivity contribution in [2.75, 3.05) is 0 Å². The normalized spacial score (nSPS) is 12.3. The Hall–Kier alpha value is -1.86. The van der Waals surface area contributed by atoms with E-state index in [0.29, 0.717) is 19.5 Å². The SMILES string of the molecule is CCCC[C@H](NC(=O)OC(C)(C)C)C(=O)N(Cc1ccc(Br)cc1)Cc1cccs1. The third-order valence-electron chi connectivity index (χ3n) is 4.36. The van der Waals surface area contributed by atoms with Crippen molar-refractivity contribution < 1.29 is 14.3 Å². The quantitative estimate of drug-likeness (QED) is 0.456. The Morgan fingerprint density at radius 3 is 2.43 bits per heavy atom. The molecule has 0 bridgehead atoms. The lowest BCUT2D eigenvalue weighted by Gasteiger charge is -2.29.